The Labute approximate surface area is 255 Å². The van der Waals surface area contributed by atoms with Crippen molar-refractivity contribution < 1.29 is 31.1 Å². The Morgan fingerprint density at radius 2 is 1.30 bits per heavy atom. The first-order valence-corrected chi connectivity index (χ1v) is 13.0. The SMILES string of the molecule is [U+2].[c-]1ccccc1-c1[c-]c2ccccc2c2c1c1ccccc1n2-c1nc(-c2ccccc2)c2ccccc2n1. The fourth-order valence-electron chi connectivity index (χ4n) is 5.68. The number of para-hydroxylation sites is 2. The summed E-state index contributed by atoms with van der Waals surface area (Å²) >= 11 is 0. The molecule has 2 aromatic heterocycles. The molecule has 0 fully saturated rings. The van der Waals surface area contributed by atoms with Crippen LogP contribution in [0.2, 0.25) is 0 Å². The van der Waals surface area contributed by atoms with Gasteiger partial charge in [0.2, 0.25) is 5.95 Å². The summed E-state index contributed by atoms with van der Waals surface area (Å²) in [5, 5.41) is 5.46. The van der Waals surface area contributed by atoms with Gasteiger partial charge in [0.25, 0.3) is 0 Å². The molecule has 0 aliphatic rings. The van der Waals surface area contributed by atoms with Crippen molar-refractivity contribution in [1.29, 1.82) is 0 Å². The summed E-state index contributed by atoms with van der Waals surface area (Å²) in [7, 11) is 0. The van der Waals surface area contributed by atoms with Gasteiger partial charge in [0.05, 0.1) is 11.2 Å². The van der Waals surface area contributed by atoms with E-state index in [1.165, 1.54) is 0 Å². The molecule has 8 rings (SSSR count). The Hall–Kier alpha value is -4.23. The summed E-state index contributed by atoms with van der Waals surface area (Å²) in [6.45, 7) is 0. The average molecular weight is 734 g/mol. The summed E-state index contributed by atoms with van der Waals surface area (Å²) in [6.07, 6.45) is 0. The molecule has 0 radical (unpaired) electrons. The van der Waals surface area contributed by atoms with Gasteiger partial charge >= 0.3 is 31.1 Å². The number of fused-ring (bicyclic) bond motifs is 6. The number of aromatic nitrogens is 3. The minimum absolute atomic E-state index is 0. The molecule has 6 aromatic carbocycles. The van der Waals surface area contributed by atoms with E-state index in [9.17, 15) is 0 Å². The predicted molar refractivity (Wildman–Crippen MR) is 160 cm³/mol. The summed E-state index contributed by atoms with van der Waals surface area (Å²) < 4.78 is 2.23. The quantitative estimate of drug-likeness (QED) is 0.170. The predicted octanol–water partition coefficient (Wildman–Crippen LogP) is 8.81. The molecule has 0 N–H and O–H groups in total. The van der Waals surface area contributed by atoms with Gasteiger partial charge in [-0.05, 0) is 23.0 Å². The second-order valence-electron chi connectivity index (χ2n) is 9.65. The van der Waals surface area contributed by atoms with Crippen molar-refractivity contribution in [2.45, 2.75) is 0 Å². The Morgan fingerprint density at radius 3 is 2.12 bits per heavy atom. The van der Waals surface area contributed by atoms with Gasteiger partial charge in [-0.3, -0.25) is 4.57 Å². The van der Waals surface area contributed by atoms with E-state index in [2.05, 4.69) is 114 Å². The average Bonchev–Trinajstić information content (AvgIpc) is 3.37. The largest absolute Gasteiger partial charge is 2.00 e. The molecule has 0 saturated heterocycles. The molecule has 0 amide bonds. The summed E-state index contributed by atoms with van der Waals surface area (Å²) in [4.78, 5) is 10.4. The molecule has 0 aliphatic carbocycles. The molecule has 0 atom stereocenters. The first-order chi connectivity index (χ1) is 19.4. The van der Waals surface area contributed by atoms with Gasteiger partial charge in [-0.2, -0.15) is 35.9 Å². The van der Waals surface area contributed by atoms with Crippen molar-refractivity contribution in [2.75, 3.05) is 0 Å². The third-order valence-corrected chi connectivity index (χ3v) is 7.38. The van der Waals surface area contributed by atoms with Crippen LogP contribution < -0.4 is 0 Å². The topological polar surface area (TPSA) is 30.7 Å². The minimum Gasteiger partial charge on any atom is -0.293 e. The van der Waals surface area contributed by atoms with Crippen LogP contribution in [0, 0.1) is 43.2 Å². The van der Waals surface area contributed by atoms with Crippen molar-refractivity contribution in [2.24, 2.45) is 0 Å². The Balaban J connectivity index is 0.00000264. The van der Waals surface area contributed by atoms with E-state index in [0.717, 1.165) is 65.9 Å². The molecule has 2 heterocycles. The van der Waals surface area contributed by atoms with E-state index in [-0.39, 0.29) is 31.1 Å². The Morgan fingerprint density at radius 1 is 0.600 bits per heavy atom. The van der Waals surface area contributed by atoms with Crippen LogP contribution in [0.25, 0.3) is 71.8 Å². The number of rotatable bonds is 3. The van der Waals surface area contributed by atoms with Gasteiger partial charge in [-0.1, -0.05) is 95.7 Å². The van der Waals surface area contributed by atoms with Crippen LogP contribution in [0.4, 0.5) is 0 Å². The molecule has 40 heavy (non-hydrogen) atoms. The maximum absolute atomic E-state index is 5.26. The summed E-state index contributed by atoms with van der Waals surface area (Å²) in [5.74, 6) is 0.651. The monoisotopic (exact) mass is 733 g/mol. The zero-order chi connectivity index (χ0) is 25.8. The molecule has 0 saturated carbocycles. The van der Waals surface area contributed by atoms with E-state index in [0.29, 0.717) is 5.95 Å². The number of hydrogen-bond acceptors (Lipinski definition) is 2. The van der Waals surface area contributed by atoms with E-state index in [4.69, 9.17) is 9.97 Å². The molecule has 3 nitrogen and oxygen atoms in total. The second kappa shape index (κ2) is 10.1. The van der Waals surface area contributed by atoms with Gasteiger partial charge in [0.1, 0.15) is 0 Å². The number of nitrogens with zero attached hydrogens (tertiary/aromatic N) is 3. The van der Waals surface area contributed by atoms with Crippen LogP contribution in [0.3, 0.4) is 0 Å². The smallest absolute Gasteiger partial charge is 0.293 e. The number of hydrogen-bond donors (Lipinski definition) is 0. The van der Waals surface area contributed by atoms with Crippen LogP contribution in [-0.4, -0.2) is 14.5 Å². The standard InChI is InChI=1S/C36H21N3.U/c1-3-13-24(14-4-1)30-23-26-17-7-8-18-27(26)35-33(30)29-20-10-12-22-32(29)39(35)36-37-31-21-11-9-19-28(31)34(38-36)25-15-5-2-6-16-25;/h1-13,15-22H;/q-2;+2. The molecule has 4 heteroatoms. The number of benzene rings is 6. The van der Waals surface area contributed by atoms with Gasteiger partial charge in [0.15, 0.2) is 0 Å². The molecule has 0 unspecified atom stereocenters. The third-order valence-electron chi connectivity index (χ3n) is 7.38. The van der Waals surface area contributed by atoms with Crippen molar-refractivity contribution >= 4 is 43.5 Å². The van der Waals surface area contributed by atoms with Crippen LogP contribution >= 0.6 is 0 Å². The molecule has 0 spiro atoms. The first-order valence-electron chi connectivity index (χ1n) is 13.0. The molecular weight excluding hydrogens is 712 g/mol. The van der Waals surface area contributed by atoms with E-state index >= 15 is 0 Å². The Bertz CT molecular complexity index is 2170. The van der Waals surface area contributed by atoms with Crippen LogP contribution in [-0.2, 0) is 0 Å². The summed E-state index contributed by atoms with van der Waals surface area (Å²) in [5.41, 5.74) is 7.08. The van der Waals surface area contributed by atoms with E-state index < -0.39 is 0 Å². The zero-order valence-electron chi connectivity index (χ0n) is 21.5. The maximum Gasteiger partial charge on any atom is 2.00 e. The molecular formula is C36H21N3U. The van der Waals surface area contributed by atoms with Crippen molar-refractivity contribution in [3.8, 4) is 28.3 Å². The van der Waals surface area contributed by atoms with E-state index in [1.54, 1.807) is 0 Å². The van der Waals surface area contributed by atoms with E-state index in [1.807, 2.05) is 30.3 Å². The normalized spacial score (nSPS) is 11.3. The van der Waals surface area contributed by atoms with Crippen molar-refractivity contribution in [3.05, 3.63) is 140 Å². The molecule has 8 aromatic rings. The van der Waals surface area contributed by atoms with Crippen LogP contribution in [0.1, 0.15) is 0 Å². The van der Waals surface area contributed by atoms with Gasteiger partial charge in [-0.25, -0.2) is 15.5 Å². The fraction of sp³-hybridized carbons (Fsp3) is 0. The van der Waals surface area contributed by atoms with Gasteiger partial charge < -0.3 is 0 Å². The van der Waals surface area contributed by atoms with Gasteiger partial charge in [0, 0.05) is 16.5 Å². The second-order valence-corrected chi connectivity index (χ2v) is 9.65. The van der Waals surface area contributed by atoms with Gasteiger partial charge in [-0.15, -0.1) is 17.5 Å². The maximum atomic E-state index is 5.26. The molecule has 0 aliphatic heterocycles. The molecule has 0 bridgehead atoms. The summed E-state index contributed by atoms with van der Waals surface area (Å²) in [6, 6.07) is 50.8. The minimum atomic E-state index is 0. The Kier molecular flexibility index (Phi) is 6.24. The van der Waals surface area contributed by atoms with Crippen molar-refractivity contribution in [3.63, 3.8) is 0 Å². The van der Waals surface area contributed by atoms with Crippen LogP contribution in [0.15, 0.2) is 127 Å². The molecule has 184 valence electrons. The first kappa shape index (κ1) is 24.8. The van der Waals surface area contributed by atoms with Crippen molar-refractivity contribution in [1.82, 2.24) is 14.5 Å². The van der Waals surface area contributed by atoms with Crippen LogP contribution in [0.5, 0.6) is 0 Å². The zero-order valence-corrected chi connectivity index (χ0v) is 25.6. The fourth-order valence-corrected chi connectivity index (χ4v) is 5.68. The third kappa shape index (κ3) is 3.87.